The molecule has 1 amide bonds. The highest BCUT2D eigenvalue weighted by atomic mass is 19.4. The molecule has 0 spiro atoms. The maximum Gasteiger partial charge on any atom is 0.416 e. The highest BCUT2D eigenvalue weighted by Gasteiger charge is 2.43. The SMILES string of the molecule is CCC1CC(C(C#N)c2cc(C(F)(F)F)cc(C(F)(F)F)c2)c2cc(C(F)(F)F)ccc2N1C(=O)O. The second kappa shape index (κ2) is 9.22. The third kappa shape index (κ3) is 5.22. The lowest BCUT2D eigenvalue weighted by atomic mass is 9.74. The number of nitriles is 1. The fraction of sp³-hybridized carbons (Fsp3) is 0.391. The summed E-state index contributed by atoms with van der Waals surface area (Å²) in [5.74, 6) is -3.06. The standard InChI is InChI=1S/C23H17F9N2O2/c1-2-15-9-16(17-8-12(21(24,25)26)3-4-19(17)34(15)20(35)36)18(10-33)11-5-13(22(27,28)29)7-14(6-11)23(30,31)32/h3-8,15-16,18H,2,9H2,1H3,(H,35,36). The molecule has 0 bridgehead atoms. The normalized spacial score (nSPS) is 19.4. The molecule has 3 rings (SSSR count). The Bertz CT molecular complexity index is 1160. The lowest BCUT2D eigenvalue weighted by Gasteiger charge is -2.41. The molecule has 194 valence electrons. The van der Waals surface area contributed by atoms with Gasteiger partial charge in [-0.1, -0.05) is 6.92 Å². The van der Waals surface area contributed by atoms with E-state index in [1.165, 1.54) is 0 Å². The number of hydrogen-bond donors (Lipinski definition) is 1. The van der Waals surface area contributed by atoms with Crippen LogP contribution in [0.3, 0.4) is 0 Å². The summed E-state index contributed by atoms with van der Waals surface area (Å²) in [5.41, 5.74) is -5.77. The number of anilines is 1. The summed E-state index contributed by atoms with van der Waals surface area (Å²) < 4.78 is 121. The van der Waals surface area contributed by atoms with Gasteiger partial charge in [0.25, 0.3) is 0 Å². The molecule has 0 fully saturated rings. The van der Waals surface area contributed by atoms with E-state index in [2.05, 4.69) is 0 Å². The van der Waals surface area contributed by atoms with Crippen molar-refractivity contribution >= 4 is 11.8 Å². The molecule has 3 unspecified atom stereocenters. The molecule has 1 N–H and O–H groups in total. The van der Waals surface area contributed by atoms with Crippen LogP contribution in [-0.4, -0.2) is 17.2 Å². The Hall–Kier alpha value is -3.43. The van der Waals surface area contributed by atoms with Crippen LogP contribution in [0, 0.1) is 11.3 Å². The molecule has 4 nitrogen and oxygen atoms in total. The topological polar surface area (TPSA) is 64.3 Å². The maximum atomic E-state index is 13.4. The molecular weight excluding hydrogens is 507 g/mol. The van der Waals surface area contributed by atoms with Gasteiger partial charge >= 0.3 is 24.6 Å². The average Bonchev–Trinajstić information content (AvgIpc) is 2.76. The van der Waals surface area contributed by atoms with Crippen LogP contribution in [0.2, 0.25) is 0 Å². The van der Waals surface area contributed by atoms with Gasteiger partial charge in [0.15, 0.2) is 0 Å². The Morgan fingerprint density at radius 1 is 0.972 bits per heavy atom. The van der Waals surface area contributed by atoms with Crippen LogP contribution in [0.4, 0.5) is 50.0 Å². The van der Waals surface area contributed by atoms with E-state index in [1.807, 2.05) is 0 Å². The maximum absolute atomic E-state index is 13.4. The molecule has 1 heterocycles. The molecule has 0 saturated carbocycles. The van der Waals surface area contributed by atoms with Crippen molar-refractivity contribution in [3.8, 4) is 6.07 Å². The summed E-state index contributed by atoms with van der Waals surface area (Å²) in [6.07, 6.45) is -17.0. The molecule has 0 aromatic heterocycles. The number of halogens is 9. The van der Waals surface area contributed by atoms with Gasteiger partial charge in [0.1, 0.15) is 0 Å². The average molecular weight is 524 g/mol. The van der Waals surface area contributed by atoms with E-state index in [4.69, 9.17) is 0 Å². The van der Waals surface area contributed by atoms with Gasteiger partial charge in [0.05, 0.1) is 34.4 Å². The van der Waals surface area contributed by atoms with Crippen LogP contribution in [0.1, 0.15) is 59.4 Å². The number of benzene rings is 2. The summed E-state index contributed by atoms with van der Waals surface area (Å²) >= 11 is 0. The fourth-order valence-corrected chi connectivity index (χ4v) is 4.45. The summed E-state index contributed by atoms with van der Waals surface area (Å²) in [4.78, 5) is 12.7. The Morgan fingerprint density at radius 2 is 1.50 bits per heavy atom. The van der Waals surface area contributed by atoms with Gasteiger partial charge in [0.2, 0.25) is 0 Å². The first-order valence-electron chi connectivity index (χ1n) is 10.4. The molecule has 2 aromatic carbocycles. The van der Waals surface area contributed by atoms with Crippen molar-refractivity contribution in [2.75, 3.05) is 4.90 Å². The van der Waals surface area contributed by atoms with Crippen molar-refractivity contribution in [2.24, 2.45) is 0 Å². The van der Waals surface area contributed by atoms with Crippen LogP contribution in [0.5, 0.6) is 0 Å². The minimum absolute atomic E-state index is 0.116. The molecular formula is C23H17F9N2O2. The zero-order chi connectivity index (χ0) is 27.2. The molecule has 3 atom stereocenters. The molecule has 0 saturated heterocycles. The highest BCUT2D eigenvalue weighted by Crippen LogP contribution is 2.49. The van der Waals surface area contributed by atoms with Crippen molar-refractivity contribution in [1.29, 1.82) is 5.26 Å². The molecule has 1 aliphatic heterocycles. The zero-order valence-corrected chi connectivity index (χ0v) is 18.3. The van der Waals surface area contributed by atoms with Crippen molar-refractivity contribution < 1.29 is 49.4 Å². The Kier molecular flexibility index (Phi) is 6.96. The second-order valence-electron chi connectivity index (χ2n) is 8.27. The number of amides is 1. The van der Waals surface area contributed by atoms with Crippen molar-refractivity contribution in [2.45, 2.75) is 56.2 Å². The van der Waals surface area contributed by atoms with Gasteiger partial charge < -0.3 is 5.11 Å². The monoisotopic (exact) mass is 524 g/mol. The largest absolute Gasteiger partial charge is 0.465 e. The van der Waals surface area contributed by atoms with E-state index in [1.54, 1.807) is 13.0 Å². The third-order valence-electron chi connectivity index (χ3n) is 6.09. The van der Waals surface area contributed by atoms with Crippen LogP contribution in [0.25, 0.3) is 0 Å². The number of hydrogen-bond acceptors (Lipinski definition) is 2. The van der Waals surface area contributed by atoms with E-state index in [0.29, 0.717) is 24.3 Å². The van der Waals surface area contributed by atoms with E-state index in [9.17, 15) is 54.7 Å². The lowest BCUT2D eigenvalue weighted by Crippen LogP contribution is -2.44. The first kappa shape index (κ1) is 27.2. The predicted octanol–water partition coefficient (Wildman–Crippen LogP) is 7.80. The number of alkyl halides is 9. The van der Waals surface area contributed by atoms with Gasteiger partial charge in [0, 0.05) is 12.0 Å². The molecule has 0 radical (unpaired) electrons. The Balaban J connectivity index is 2.28. The van der Waals surface area contributed by atoms with Gasteiger partial charge in [-0.3, -0.25) is 4.90 Å². The number of nitrogens with zero attached hydrogens (tertiary/aromatic N) is 2. The predicted molar refractivity (Wildman–Crippen MR) is 108 cm³/mol. The minimum Gasteiger partial charge on any atom is -0.465 e. The fourth-order valence-electron chi connectivity index (χ4n) is 4.45. The summed E-state index contributed by atoms with van der Waals surface area (Å²) in [6, 6.07) is 3.46. The lowest BCUT2D eigenvalue weighted by molar-refractivity contribution is -0.143. The van der Waals surface area contributed by atoms with Gasteiger partial charge in [-0.15, -0.1) is 0 Å². The van der Waals surface area contributed by atoms with E-state index >= 15 is 0 Å². The van der Waals surface area contributed by atoms with Crippen LogP contribution in [0.15, 0.2) is 36.4 Å². The Morgan fingerprint density at radius 3 is 1.92 bits per heavy atom. The summed E-state index contributed by atoms with van der Waals surface area (Å²) in [6.45, 7) is 1.56. The molecule has 0 aliphatic carbocycles. The third-order valence-corrected chi connectivity index (χ3v) is 6.09. The summed E-state index contributed by atoms with van der Waals surface area (Å²) in [5, 5.41) is 19.5. The van der Waals surface area contributed by atoms with Crippen molar-refractivity contribution in [1.82, 2.24) is 0 Å². The summed E-state index contributed by atoms with van der Waals surface area (Å²) in [7, 11) is 0. The molecule has 2 aromatic rings. The van der Waals surface area contributed by atoms with Gasteiger partial charge in [-0.05, 0) is 60.4 Å². The first-order chi connectivity index (χ1) is 16.5. The number of fused-ring (bicyclic) bond motifs is 1. The van der Waals surface area contributed by atoms with Gasteiger partial charge in [-0.25, -0.2) is 4.79 Å². The van der Waals surface area contributed by atoms with Gasteiger partial charge in [-0.2, -0.15) is 44.8 Å². The van der Waals surface area contributed by atoms with E-state index in [0.717, 1.165) is 11.0 Å². The molecule has 1 aliphatic rings. The van der Waals surface area contributed by atoms with Crippen LogP contribution in [-0.2, 0) is 18.5 Å². The Labute approximate surface area is 198 Å². The van der Waals surface area contributed by atoms with Crippen molar-refractivity contribution in [3.05, 3.63) is 64.2 Å². The quantitative estimate of drug-likeness (QED) is 0.417. The number of rotatable bonds is 3. The second-order valence-corrected chi connectivity index (χ2v) is 8.27. The molecule has 13 heteroatoms. The molecule has 36 heavy (non-hydrogen) atoms. The van der Waals surface area contributed by atoms with E-state index in [-0.39, 0.29) is 30.2 Å². The smallest absolute Gasteiger partial charge is 0.416 e. The number of carboxylic acid groups (broad SMARTS) is 1. The van der Waals surface area contributed by atoms with E-state index < -0.39 is 64.8 Å². The minimum atomic E-state index is -5.20. The van der Waals surface area contributed by atoms with Crippen LogP contribution < -0.4 is 4.90 Å². The van der Waals surface area contributed by atoms with Crippen LogP contribution >= 0.6 is 0 Å². The number of carbonyl (C=O) groups is 1. The van der Waals surface area contributed by atoms with Crippen molar-refractivity contribution in [3.63, 3.8) is 0 Å². The zero-order valence-electron chi connectivity index (χ0n) is 18.3. The first-order valence-corrected chi connectivity index (χ1v) is 10.4. The highest BCUT2D eigenvalue weighted by molar-refractivity contribution is 5.89.